The molecule has 0 unspecified atom stereocenters. The van der Waals surface area contributed by atoms with Gasteiger partial charge >= 0.3 is 5.97 Å². The maximum atomic E-state index is 13.1. The first-order valence-electron chi connectivity index (χ1n) is 15.4. The molecule has 0 bridgehead atoms. The van der Waals surface area contributed by atoms with Crippen LogP contribution in [-0.2, 0) is 10.2 Å². The molecular formula is C35H54O3. The zero-order chi connectivity index (χ0) is 27.6. The molecule has 0 aliphatic carbocycles. The van der Waals surface area contributed by atoms with Crippen molar-refractivity contribution in [2.24, 2.45) is 0 Å². The molecule has 0 aromatic heterocycles. The maximum Gasteiger partial charge on any atom is 0.338 e. The largest absolute Gasteiger partial charge is 0.508 e. The first-order valence-corrected chi connectivity index (χ1v) is 15.4. The van der Waals surface area contributed by atoms with Gasteiger partial charge in [0.05, 0.1) is 12.2 Å². The summed E-state index contributed by atoms with van der Waals surface area (Å²) in [4.78, 5) is 13.1. The number of carbonyl (C=O) groups excluding carboxylic acids is 1. The molecule has 2 aromatic carbocycles. The van der Waals surface area contributed by atoms with Crippen molar-refractivity contribution >= 4 is 5.97 Å². The SMILES string of the molecule is CCCCCCCCCCCCCCCCCCOC(=O)c1cccc(C(C)(C)C)c1-c1ccc(O)cc1. The Bertz CT molecular complexity index is 908. The quantitative estimate of drug-likeness (QED) is 0.147. The molecule has 2 rings (SSSR count). The average molecular weight is 523 g/mol. The fourth-order valence-electron chi connectivity index (χ4n) is 5.18. The lowest BCUT2D eigenvalue weighted by Crippen LogP contribution is -2.16. The smallest absolute Gasteiger partial charge is 0.338 e. The van der Waals surface area contributed by atoms with Gasteiger partial charge in [0, 0.05) is 0 Å². The van der Waals surface area contributed by atoms with E-state index in [1.54, 1.807) is 12.1 Å². The van der Waals surface area contributed by atoms with E-state index < -0.39 is 0 Å². The highest BCUT2D eigenvalue weighted by molar-refractivity contribution is 5.98. The molecule has 0 amide bonds. The van der Waals surface area contributed by atoms with E-state index >= 15 is 0 Å². The predicted octanol–water partition coefficient (Wildman–Crippen LogP) is 10.8. The van der Waals surface area contributed by atoms with Crippen molar-refractivity contribution < 1.29 is 14.6 Å². The van der Waals surface area contributed by atoms with Crippen molar-refractivity contribution in [1.29, 1.82) is 0 Å². The van der Waals surface area contributed by atoms with Gasteiger partial charge in [-0.1, -0.05) is 148 Å². The van der Waals surface area contributed by atoms with Gasteiger partial charge in [0.2, 0.25) is 0 Å². The van der Waals surface area contributed by atoms with Gasteiger partial charge < -0.3 is 9.84 Å². The molecule has 0 aliphatic rings. The lowest BCUT2D eigenvalue weighted by molar-refractivity contribution is 0.0498. The van der Waals surface area contributed by atoms with Gasteiger partial charge in [0.1, 0.15) is 5.75 Å². The summed E-state index contributed by atoms with van der Waals surface area (Å²) in [6.45, 7) is 9.20. The fraction of sp³-hybridized carbons (Fsp3) is 0.629. The van der Waals surface area contributed by atoms with Crippen molar-refractivity contribution in [3.63, 3.8) is 0 Å². The van der Waals surface area contributed by atoms with Crippen LogP contribution in [0, 0.1) is 0 Å². The number of hydrogen-bond donors (Lipinski definition) is 1. The van der Waals surface area contributed by atoms with Crippen LogP contribution in [0.4, 0.5) is 0 Å². The number of hydrogen-bond acceptors (Lipinski definition) is 3. The van der Waals surface area contributed by atoms with Crippen molar-refractivity contribution in [1.82, 2.24) is 0 Å². The molecule has 0 heterocycles. The standard InChI is InChI=1S/C35H54O3/c1-5-6-7-8-9-10-11-12-13-14-15-16-17-18-19-20-28-38-34(37)31-22-21-23-32(35(2,3)4)33(31)29-24-26-30(36)27-25-29/h21-27,36H,5-20,28H2,1-4H3. The third kappa shape index (κ3) is 12.0. The Labute approximate surface area is 233 Å². The second-order valence-electron chi connectivity index (χ2n) is 12.0. The van der Waals surface area contributed by atoms with E-state index in [0.29, 0.717) is 12.2 Å². The number of carbonyl (C=O) groups is 1. The molecule has 0 fully saturated rings. The molecule has 0 saturated carbocycles. The number of aromatic hydroxyl groups is 1. The Kier molecular flexibility index (Phi) is 15.2. The zero-order valence-electron chi connectivity index (χ0n) is 24.8. The van der Waals surface area contributed by atoms with Crippen LogP contribution in [0.1, 0.15) is 146 Å². The van der Waals surface area contributed by atoms with Crippen molar-refractivity contribution in [2.75, 3.05) is 6.61 Å². The normalized spacial score (nSPS) is 11.6. The summed E-state index contributed by atoms with van der Waals surface area (Å²) >= 11 is 0. The fourth-order valence-corrected chi connectivity index (χ4v) is 5.18. The lowest BCUT2D eigenvalue weighted by Gasteiger charge is -2.25. The molecular weight excluding hydrogens is 468 g/mol. The third-order valence-corrected chi connectivity index (χ3v) is 7.48. The summed E-state index contributed by atoms with van der Waals surface area (Å²) < 4.78 is 5.71. The molecule has 38 heavy (non-hydrogen) atoms. The average Bonchev–Trinajstić information content (AvgIpc) is 2.90. The molecule has 212 valence electrons. The Morgan fingerprint density at radius 2 is 1.16 bits per heavy atom. The van der Waals surface area contributed by atoms with E-state index in [1.165, 1.54) is 89.9 Å². The minimum absolute atomic E-state index is 0.128. The van der Waals surface area contributed by atoms with Gasteiger partial charge in [-0.05, 0) is 46.7 Å². The molecule has 0 saturated heterocycles. The van der Waals surface area contributed by atoms with Gasteiger partial charge in [0.15, 0.2) is 0 Å². The molecule has 3 nitrogen and oxygen atoms in total. The van der Waals surface area contributed by atoms with Crippen LogP contribution >= 0.6 is 0 Å². The molecule has 0 aliphatic heterocycles. The number of esters is 1. The van der Waals surface area contributed by atoms with Crippen LogP contribution in [0.2, 0.25) is 0 Å². The number of ether oxygens (including phenoxy) is 1. The summed E-state index contributed by atoms with van der Waals surface area (Å²) in [6, 6.07) is 12.9. The molecule has 1 N–H and O–H groups in total. The summed E-state index contributed by atoms with van der Waals surface area (Å²) in [5, 5.41) is 9.73. The second kappa shape index (κ2) is 18.1. The number of phenolic OH excluding ortho intramolecular Hbond substituents is 1. The van der Waals surface area contributed by atoms with E-state index in [0.717, 1.165) is 29.5 Å². The molecule has 0 atom stereocenters. The topological polar surface area (TPSA) is 46.5 Å². The van der Waals surface area contributed by atoms with Crippen LogP contribution in [0.5, 0.6) is 5.75 Å². The molecule has 0 radical (unpaired) electrons. The molecule has 0 spiro atoms. The number of unbranched alkanes of at least 4 members (excludes halogenated alkanes) is 15. The lowest BCUT2D eigenvalue weighted by atomic mass is 9.80. The Hall–Kier alpha value is -2.29. The van der Waals surface area contributed by atoms with Gasteiger partial charge in [-0.15, -0.1) is 0 Å². The summed E-state index contributed by atoms with van der Waals surface area (Å²) in [5.41, 5.74) is 3.39. The second-order valence-corrected chi connectivity index (χ2v) is 12.0. The van der Waals surface area contributed by atoms with Crippen LogP contribution in [0.3, 0.4) is 0 Å². The highest BCUT2D eigenvalue weighted by Gasteiger charge is 2.24. The van der Waals surface area contributed by atoms with Gasteiger partial charge in [0.25, 0.3) is 0 Å². The summed E-state index contributed by atoms with van der Waals surface area (Å²) in [7, 11) is 0. The predicted molar refractivity (Wildman–Crippen MR) is 162 cm³/mol. The van der Waals surface area contributed by atoms with E-state index in [1.807, 2.05) is 24.3 Å². The first-order chi connectivity index (χ1) is 18.3. The zero-order valence-corrected chi connectivity index (χ0v) is 24.8. The minimum Gasteiger partial charge on any atom is -0.508 e. The highest BCUT2D eigenvalue weighted by Crippen LogP contribution is 2.36. The van der Waals surface area contributed by atoms with E-state index in [2.05, 4.69) is 33.8 Å². The van der Waals surface area contributed by atoms with Crippen LogP contribution in [0.25, 0.3) is 11.1 Å². The number of benzene rings is 2. The van der Waals surface area contributed by atoms with E-state index in [4.69, 9.17) is 4.74 Å². The first kappa shape index (κ1) is 31.9. The minimum atomic E-state index is -0.264. The van der Waals surface area contributed by atoms with Gasteiger partial charge in [-0.25, -0.2) is 4.79 Å². The number of phenols is 1. The van der Waals surface area contributed by atoms with Crippen molar-refractivity contribution in [3.05, 3.63) is 53.6 Å². The Morgan fingerprint density at radius 1 is 0.684 bits per heavy atom. The van der Waals surface area contributed by atoms with E-state index in [-0.39, 0.29) is 17.1 Å². The van der Waals surface area contributed by atoms with Crippen LogP contribution < -0.4 is 0 Å². The number of rotatable bonds is 19. The van der Waals surface area contributed by atoms with Gasteiger partial charge in [-0.3, -0.25) is 0 Å². The van der Waals surface area contributed by atoms with E-state index in [9.17, 15) is 9.90 Å². The van der Waals surface area contributed by atoms with Crippen LogP contribution in [0.15, 0.2) is 42.5 Å². The van der Waals surface area contributed by atoms with Crippen molar-refractivity contribution in [2.45, 2.75) is 136 Å². The Morgan fingerprint density at radius 3 is 1.63 bits per heavy atom. The monoisotopic (exact) mass is 522 g/mol. The molecule has 2 aromatic rings. The Balaban J connectivity index is 1.64. The van der Waals surface area contributed by atoms with Crippen molar-refractivity contribution in [3.8, 4) is 16.9 Å². The van der Waals surface area contributed by atoms with Gasteiger partial charge in [-0.2, -0.15) is 0 Å². The third-order valence-electron chi connectivity index (χ3n) is 7.48. The summed E-state index contributed by atoms with van der Waals surface area (Å²) in [6.07, 6.45) is 21.3. The van der Waals surface area contributed by atoms with Crippen LogP contribution in [-0.4, -0.2) is 17.7 Å². The summed E-state index contributed by atoms with van der Waals surface area (Å²) in [5.74, 6) is -0.0465. The highest BCUT2D eigenvalue weighted by atomic mass is 16.5. The molecule has 3 heteroatoms. The maximum absolute atomic E-state index is 13.1.